The Morgan fingerprint density at radius 3 is 1.91 bits per heavy atom. The van der Waals surface area contributed by atoms with E-state index < -0.39 is 0 Å². The topological polar surface area (TPSA) is 43.5 Å². The van der Waals surface area contributed by atoms with Crippen LogP contribution in [0, 0.1) is 0 Å². The van der Waals surface area contributed by atoms with Crippen LogP contribution in [0.4, 0.5) is 0 Å². The van der Waals surface area contributed by atoms with E-state index >= 15 is 0 Å². The Kier molecular flexibility index (Phi) is 8.13. The van der Waals surface area contributed by atoms with E-state index in [1.807, 2.05) is 0 Å². The first-order chi connectivity index (χ1) is 16.8. The number of epoxide rings is 2. The van der Waals surface area contributed by atoms with Gasteiger partial charge in [0.15, 0.2) is 0 Å². The van der Waals surface area contributed by atoms with Crippen molar-refractivity contribution >= 4 is 21.5 Å². The zero-order valence-corrected chi connectivity index (χ0v) is 20.5. The number of hydrogen-bond donors (Lipinski definition) is 0. The van der Waals surface area contributed by atoms with Crippen molar-refractivity contribution in [3.8, 4) is 0 Å². The Bertz CT molecular complexity index is 1080. The van der Waals surface area contributed by atoms with Gasteiger partial charge in [-0.3, -0.25) is 0 Å². The molecule has 0 N–H and O–H groups in total. The van der Waals surface area contributed by atoms with Gasteiger partial charge in [0.05, 0.1) is 26.4 Å². The SMILES string of the molecule is CCCCc1cccc2c(CCCOCC3CO3)c3ccccc3c(CCCOCC3CO3)c12. The first-order valence-corrected chi connectivity index (χ1v) is 13.2. The van der Waals surface area contributed by atoms with Crippen LogP contribution in [0.2, 0.25) is 0 Å². The molecular formula is C30H38O4. The number of hydrogen-bond acceptors (Lipinski definition) is 4. The molecule has 34 heavy (non-hydrogen) atoms. The minimum Gasteiger partial charge on any atom is -0.379 e. The van der Waals surface area contributed by atoms with E-state index in [2.05, 4.69) is 49.4 Å². The lowest BCUT2D eigenvalue weighted by Gasteiger charge is -2.20. The van der Waals surface area contributed by atoms with Gasteiger partial charge >= 0.3 is 0 Å². The molecule has 0 radical (unpaired) electrons. The van der Waals surface area contributed by atoms with Crippen molar-refractivity contribution < 1.29 is 18.9 Å². The summed E-state index contributed by atoms with van der Waals surface area (Å²) in [5.74, 6) is 0. The first kappa shape index (κ1) is 23.7. The monoisotopic (exact) mass is 462 g/mol. The van der Waals surface area contributed by atoms with Gasteiger partial charge in [-0.25, -0.2) is 0 Å². The Balaban J connectivity index is 1.44. The zero-order chi connectivity index (χ0) is 23.2. The highest BCUT2D eigenvalue weighted by molar-refractivity contribution is 6.07. The number of unbranched alkanes of at least 4 members (excludes halogenated alkanes) is 1. The van der Waals surface area contributed by atoms with Crippen molar-refractivity contribution in [1.29, 1.82) is 0 Å². The zero-order valence-electron chi connectivity index (χ0n) is 20.5. The van der Waals surface area contributed by atoms with E-state index in [1.54, 1.807) is 0 Å². The van der Waals surface area contributed by atoms with Crippen LogP contribution in [0.25, 0.3) is 21.5 Å². The summed E-state index contributed by atoms with van der Waals surface area (Å²) in [6.45, 7) is 7.04. The number of aryl methyl sites for hydroxylation is 3. The fraction of sp³-hybridized carbons (Fsp3) is 0.533. The van der Waals surface area contributed by atoms with E-state index in [0.29, 0.717) is 12.2 Å². The molecule has 5 rings (SSSR count). The van der Waals surface area contributed by atoms with E-state index in [1.165, 1.54) is 51.1 Å². The quantitative estimate of drug-likeness (QED) is 0.157. The standard InChI is InChI=1S/C30H38O4/c1-2-3-9-22-10-6-13-28-27(14-7-16-31-18-23-20-33-23)25-11-4-5-12-26(25)29(30(22)28)15-8-17-32-19-24-21-34-24/h4-6,10-13,23-24H,2-3,7-9,14-21H2,1H3. The molecule has 2 heterocycles. The molecule has 4 nitrogen and oxygen atoms in total. The van der Waals surface area contributed by atoms with Crippen LogP contribution in [-0.4, -0.2) is 51.8 Å². The van der Waals surface area contributed by atoms with Crippen LogP contribution in [0.3, 0.4) is 0 Å². The molecule has 0 aliphatic carbocycles. The Labute approximate surface area is 203 Å². The Morgan fingerprint density at radius 1 is 0.706 bits per heavy atom. The number of benzene rings is 3. The molecule has 2 fully saturated rings. The van der Waals surface area contributed by atoms with Crippen molar-refractivity contribution in [1.82, 2.24) is 0 Å². The van der Waals surface area contributed by atoms with Crippen molar-refractivity contribution in [3.05, 3.63) is 59.2 Å². The van der Waals surface area contributed by atoms with Crippen LogP contribution in [0.1, 0.15) is 49.3 Å². The molecule has 2 saturated heterocycles. The maximum absolute atomic E-state index is 5.87. The second-order valence-corrected chi connectivity index (χ2v) is 9.71. The largest absolute Gasteiger partial charge is 0.379 e. The smallest absolute Gasteiger partial charge is 0.104 e. The summed E-state index contributed by atoms with van der Waals surface area (Å²) in [4.78, 5) is 0. The summed E-state index contributed by atoms with van der Waals surface area (Å²) in [5, 5.41) is 5.73. The molecule has 2 aliphatic rings. The predicted molar refractivity (Wildman–Crippen MR) is 138 cm³/mol. The third kappa shape index (κ3) is 5.98. The van der Waals surface area contributed by atoms with Gasteiger partial charge in [0.2, 0.25) is 0 Å². The van der Waals surface area contributed by atoms with E-state index in [9.17, 15) is 0 Å². The molecule has 4 heteroatoms. The summed E-state index contributed by atoms with van der Waals surface area (Å²) in [7, 11) is 0. The second kappa shape index (κ2) is 11.6. The second-order valence-electron chi connectivity index (χ2n) is 9.71. The third-order valence-corrected chi connectivity index (χ3v) is 7.00. The lowest BCUT2D eigenvalue weighted by Crippen LogP contribution is -2.06. The molecule has 0 amide bonds. The highest BCUT2D eigenvalue weighted by atomic mass is 16.6. The highest BCUT2D eigenvalue weighted by Crippen LogP contribution is 2.37. The normalized spacial score (nSPS) is 19.2. The van der Waals surface area contributed by atoms with Crippen molar-refractivity contribution in [2.75, 3.05) is 39.6 Å². The molecule has 3 aromatic carbocycles. The molecule has 0 spiro atoms. The van der Waals surface area contributed by atoms with Gasteiger partial charge in [0, 0.05) is 13.2 Å². The summed E-state index contributed by atoms with van der Waals surface area (Å²) >= 11 is 0. The summed E-state index contributed by atoms with van der Waals surface area (Å²) < 4.78 is 22.3. The molecule has 0 bridgehead atoms. The minimum atomic E-state index is 0.336. The molecular weight excluding hydrogens is 424 g/mol. The van der Waals surface area contributed by atoms with Crippen LogP contribution in [0.5, 0.6) is 0 Å². The van der Waals surface area contributed by atoms with Crippen LogP contribution in [0.15, 0.2) is 42.5 Å². The predicted octanol–water partition coefficient (Wildman–Crippen LogP) is 6.03. The lowest BCUT2D eigenvalue weighted by atomic mass is 9.85. The molecule has 3 aromatic rings. The Hall–Kier alpha value is -1.98. The fourth-order valence-corrected chi connectivity index (χ4v) is 5.06. The fourth-order valence-electron chi connectivity index (χ4n) is 5.06. The van der Waals surface area contributed by atoms with Crippen LogP contribution in [-0.2, 0) is 38.2 Å². The average Bonchev–Trinajstić information content (AvgIpc) is 3.79. The maximum atomic E-state index is 5.87. The number of fused-ring (bicyclic) bond motifs is 2. The molecule has 182 valence electrons. The van der Waals surface area contributed by atoms with E-state index in [4.69, 9.17) is 18.9 Å². The summed E-state index contributed by atoms with van der Waals surface area (Å²) in [5.41, 5.74) is 4.46. The highest BCUT2D eigenvalue weighted by Gasteiger charge is 2.23. The van der Waals surface area contributed by atoms with Crippen molar-refractivity contribution in [2.45, 2.75) is 64.1 Å². The summed E-state index contributed by atoms with van der Waals surface area (Å²) in [6, 6.07) is 16.0. The molecule has 0 saturated carbocycles. The van der Waals surface area contributed by atoms with Gasteiger partial charge in [-0.2, -0.15) is 0 Å². The van der Waals surface area contributed by atoms with Crippen molar-refractivity contribution in [3.63, 3.8) is 0 Å². The number of rotatable bonds is 15. The van der Waals surface area contributed by atoms with Crippen LogP contribution >= 0.6 is 0 Å². The van der Waals surface area contributed by atoms with Gasteiger partial charge in [0.1, 0.15) is 12.2 Å². The average molecular weight is 463 g/mol. The van der Waals surface area contributed by atoms with Gasteiger partial charge in [0.25, 0.3) is 0 Å². The Morgan fingerprint density at radius 2 is 1.29 bits per heavy atom. The van der Waals surface area contributed by atoms with Gasteiger partial charge in [-0.05, 0) is 76.8 Å². The molecule has 2 unspecified atom stereocenters. The minimum absolute atomic E-state index is 0.336. The molecule has 2 aliphatic heterocycles. The van der Waals surface area contributed by atoms with Gasteiger partial charge in [-0.15, -0.1) is 0 Å². The summed E-state index contributed by atoms with van der Waals surface area (Å²) in [6.07, 6.45) is 8.38. The maximum Gasteiger partial charge on any atom is 0.104 e. The first-order valence-electron chi connectivity index (χ1n) is 13.2. The third-order valence-electron chi connectivity index (χ3n) is 7.00. The molecule has 2 atom stereocenters. The van der Waals surface area contributed by atoms with Gasteiger partial charge in [-0.1, -0.05) is 55.8 Å². The lowest BCUT2D eigenvalue weighted by molar-refractivity contribution is 0.114. The molecule has 0 aromatic heterocycles. The van der Waals surface area contributed by atoms with E-state index in [-0.39, 0.29) is 0 Å². The number of ether oxygens (including phenoxy) is 4. The van der Waals surface area contributed by atoms with Crippen molar-refractivity contribution in [2.24, 2.45) is 0 Å². The van der Waals surface area contributed by atoms with Crippen LogP contribution < -0.4 is 0 Å². The van der Waals surface area contributed by atoms with E-state index in [0.717, 1.165) is 71.7 Å². The van der Waals surface area contributed by atoms with Gasteiger partial charge < -0.3 is 18.9 Å².